The van der Waals surface area contributed by atoms with Crippen molar-refractivity contribution in [2.75, 3.05) is 14.1 Å². The highest BCUT2D eigenvalue weighted by Crippen LogP contribution is 2.16. The average Bonchev–Trinajstić information content (AvgIpc) is 3.44. The fourth-order valence-corrected chi connectivity index (χ4v) is 3.68. The molecular formula is C25H29N7. The minimum absolute atomic E-state index is 0.631. The van der Waals surface area contributed by atoms with E-state index in [1.165, 1.54) is 11.1 Å². The standard InChI is InChI=1S/C25H29N7/c1-19-27-12-13-32(19)17-21-9-7-8-20(14-21)15-29-25(26-2)31(3)18-24-28-16-23(30-24)22-10-5-4-6-11-22/h4-14,16H,15,17-18H2,1-3H3,(H,26,29)(H,28,30). The Bertz CT molecular complexity index is 1170. The quantitative estimate of drug-likeness (QED) is 0.347. The first-order valence-electron chi connectivity index (χ1n) is 10.7. The van der Waals surface area contributed by atoms with Gasteiger partial charge in [0, 0.05) is 39.6 Å². The third kappa shape index (κ3) is 5.24. The van der Waals surface area contributed by atoms with Crippen LogP contribution in [0.1, 0.15) is 22.8 Å². The molecule has 4 rings (SSSR count). The number of nitrogens with zero attached hydrogens (tertiary/aromatic N) is 5. The topological polar surface area (TPSA) is 74.1 Å². The summed E-state index contributed by atoms with van der Waals surface area (Å²) in [5.74, 6) is 2.73. The van der Waals surface area contributed by atoms with Crippen LogP contribution >= 0.6 is 0 Å². The number of aromatic amines is 1. The van der Waals surface area contributed by atoms with Crippen molar-refractivity contribution in [3.8, 4) is 11.3 Å². The van der Waals surface area contributed by atoms with Gasteiger partial charge >= 0.3 is 0 Å². The van der Waals surface area contributed by atoms with Gasteiger partial charge in [-0.05, 0) is 23.6 Å². The van der Waals surface area contributed by atoms with Crippen LogP contribution in [0.25, 0.3) is 11.3 Å². The number of nitrogens with one attached hydrogen (secondary N) is 2. The summed E-state index contributed by atoms with van der Waals surface area (Å²) in [6, 6.07) is 18.8. The van der Waals surface area contributed by atoms with Crippen LogP contribution < -0.4 is 5.32 Å². The summed E-state index contributed by atoms with van der Waals surface area (Å²) in [6.45, 7) is 4.16. The molecule has 0 radical (unpaired) electrons. The van der Waals surface area contributed by atoms with Gasteiger partial charge in [-0.3, -0.25) is 4.99 Å². The van der Waals surface area contributed by atoms with E-state index in [9.17, 15) is 0 Å². The van der Waals surface area contributed by atoms with E-state index in [2.05, 4.69) is 71.1 Å². The van der Waals surface area contributed by atoms with E-state index in [1.54, 1.807) is 7.05 Å². The van der Waals surface area contributed by atoms with Gasteiger partial charge in [0.05, 0.1) is 18.4 Å². The van der Waals surface area contributed by atoms with E-state index in [4.69, 9.17) is 0 Å². The zero-order valence-electron chi connectivity index (χ0n) is 18.8. The molecule has 2 N–H and O–H groups in total. The summed E-state index contributed by atoms with van der Waals surface area (Å²) in [5, 5.41) is 3.46. The summed E-state index contributed by atoms with van der Waals surface area (Å²) < 4.78 is 2.15. The van der Waals surface area contributed by atoms with Crippen LogP contribution in [0.5, 0.6) is 0 Å². The number of guanidine groups is 1. The molecule has 2 aromatic carbocycles. The van der Waals surface area contributed by atoms with Gasteiger partial charge in [-0.25, -0.2) is 9.97 Å². The van der Waals surface area contributed by atoms with Crippen LogP contribution in [0.4, 0.5) is 0 Å². The number of hydrogen-bond acceptors (Lipinski definition) is 3. The van der Waals surface area contributed by atoms with E-state index < -0.39 is 0 Å². The highest BCUT2D eigenvalue weighted by atomic mass is 15.3. The Morgan fingerprint density at radius 1 is 1.09 bits per heavy atom. The molecule has 0 bridgehead atoms. The Balaban J connectivity index is 1.35. The van der Waals surface area contributed by atoms with Gasteiger partial charge in [-0.1, -0.05) is 54.6 Å². The average molecular weight is 428 g/mol. The molecule has 0 aliphatic heterocycles. The molecule has 164 valence electrons. The van der Waals surface area contributed by atoms with Gasteiger partial charge in [0.25, 0.3) is 0 Å². The summed E-state index contributed by atoms with van der Waals surface area (Å²) in [7, 11) is 3.81. The zero-order chi connectivity index (χ0) is 22.3. The number of aliphatic imine (C=N–C) groups is 1. The van der Waals surface area contributed by atoms with E-state index in [1.807, 2.05) is 50.8 Å². The number of hydrogen-bond donors (Lipinski definition) is 2. The Kier molecular flexibility index (Phi) is 6.65. The van der Waals surface area contributed by atoms with Gasteiger partial charge in [-0.15, -0.1) is 0 Å². The van der Waals surface area contributed by atoms with Crippen LogP contribution in [-0.2, 0) is 19.6 Å². The lowest BCUT2D eigenvalue weighted by Crippen LogP contribution is -2.38. The molecule has 0 saturated carbocycles. The van der Waals surface area contributed by atoms with Crippen molar-refractivity contribution in [1.29, 1.82) is 0 Å². The van der Waals surface area contributed by atoms with Gasteiger partial charge < -0.3 is 19.8 Å². The molecule has 2 heterocycles. The van der Waals surface area contributed by atoms with Crippen LogP contribution in [0.15, 0.2) is 78.2 Å². The largest absolute Gasteiger partial charge is 0.352 e. The highest BCUT2D eigenvalue weighted by Gasteiger charge is 2.10. The van der Waals surface area contributed by atoms with Crippen LogP contribution in [0.3, 0.4) is 0 Å². The lowest BCUT2D eigenvalue weighted by Gasteiger charge is -2.21. The Morgan fingerprint density at radius 2 is 1.91 bits per heavy atom. The molecule has 7 nitrogen and oxygen atoms in total. The maximum absolute atomic E-state index is 4.53. The van der Waals surface area contributed by atoms with Crippen molar-refractivity contribution in [3.05, 3.63) is 96.0 Å². The predicted octanol–water partition coefficient (Wildman–Crippen LogP) is 3.84. The smallest absolute Gasteiger partial charge is 0.194 e. The second-order valence-electron chi connectivity index (χ2n) is 7.79. The van der Waals surface area contributed by atoms with Gasteiger partial charge in [0.1, 0.15) is 11.6 Å². The lowest BCUT2D eigenvalue weighted by molar-refractivity contribution is 0.464. The van der Waals surface area contributed by atoms with Crippen LogP contribution in [-0.4, -0.2) is 44.5 Å². The summed E-state index contributed by atoms with van der Waals surface area (Å²) in [5.41, 5.74) is 4.60. The van der Waals surface area contributed by atoms with Gasteiger partial charge in [-0.2, -0.15) is 0 Å². The molecule has 2 aromatic heterocycles. The first-order chi connectivity index (χ1) is 15.6. The first-order valence-corrected chi connectivity index (χ1v) is 10.7. The minimum atomic E-state index is 0.631. The second-order valence-corrected chi connectivity index (χ2v) is 7.79. The number of aryl methyl sites for hydroxylation is 1. The fourth-order valence-electron chi connectivity index (χ4n) is 3.68. The normalized spacial score (nSPS) is 11.5. The monoisotopic (exact) mass is 427 g/mol. The molecule has 0 amide bonds. The van der Waals surface area contributed by atoms with E-state index >= 15 is 0 Å². The molecular weight excluding hydrogens is 398 g/mol. The molecule has 0 saturated heterocycles. The Hall–Kier alpha value is -3.87. The molecule has 0 spiro atoms. The molecule has 0 fully saturated rings. The van der Waals surface area contributed by atoms with Gasteiger partial charge in [0.15, 0.2) is 5.96 Å². The molecule has 0 aliphatic rings. The first kappa shape index (κ1) is 21.4. The lowest BCUT2D eigenvalue weighted by atomic mass is 10.1. The number of rotatable bonds is 7. The van der Waals surface area contributed by atoms with Crippen molar-refractivity contribution in [2.24, 2.45) is 4.99 Å². The SMILES string of the molecule is CN=C(NCc1cccc(Cn2ccnc2C)c1)N(C)Cc1ncc(-c2ccccc2)[nH]1. The van der Waals surface area contributed by atoms with Crippen molar-refractivity contribution in [1.82, 2.24) is 29.7 Å². The summed E-state index contributed by atoms with van der Waals surface area (Å²) >= 11 is 0. The highest BCUT2D eigenvalue weighted by molar-refractivity contribution is 5.79. The molecule has 7 heteroatoms. The van der Waals surface area contributed by atoms with Crippen molar-refractivity contribution in [3.63, 3.8) is 0 Å². The van der Waals surface area contributed by atoms with Crippen molar-refractivity contribution < 1.29 is 0 Å². The number of H-pyrrole nitrogens is 1. The molecule has 32 heavy (non-hydrogen) atoms. The van der Waals surface area contributed by atoms with Crippen LogP contribution in [0.2, 0.25) is 0 Å². The molecule has 0 unspecified atom stereocenters. The number of aromatic nitrogens is 4. The van der Waals surface area contributed by atoms with Crippen molar-refractivity contribution >= 4 is 5.96 Å². The maximum atomic E-state index is 4.53. The second kappa shape index (κ2) is 9.96. The van der Waals surface area contributed by atoms with E-state index in [0.717, 1.165) is 35.4 Å². The Morgan fingerprint density at radius 3 is 2.66 bits per heavy atom. The van der Waals surface area contributed by atoms with Crippen molar-refractivity contribution in [2.45, 2.75) is 26.6 Å². The molecule has 0 atom stereocenters. The predicted molar refractivity (Wildman–Crippen MR) is 128 cm³/mol. The minimum Gasteiger partial charge on any atom is -0.352 e. The third-order valence-electron chi connectivity index (χ3n) is 5.39. The molecule has 4 aromatic rings. The third-order valence-corrected chi connectivity index (χ3v) is 5.39. The van der Waals surface area contributed by atoms with E-state index in [0.29, 0.717) is 13.1 Å². The Labute approximate surface area is 188 Å². The zero-order valence-corrected chi connectivity index (χ0v) is 18.8. The van der Waals surface area contributed by atoms with Crippen LogP contribution in [0, 0.1) is 6.92 Å². The van der Waals surface area contributed by atoms with E-state index in [-0.39, 0.29) is 0 Å². The summed E-state index contributed by atoms with van der Waals surface area (Å²) in [4.78, 5) is 18.7. The number of benzene rings is 2. The van der Waals surface area contributed by atoms with Gasteiger partial charge in [0.2, 0.25) is 0 Å². The fraction of sp³-hybridized carbons (Fsp3) is 0.240. The summed E-state index contributed by atoms with van der Waals surface area (Å²) in [6.07, 6.45) is 5.72. The maximum Gasteiger partial charge on any atom is 0.194 e. The molecule has 0 aliphatic carbocycles. The number of imidazole rings is 2.